The van der Waals surface area contributed by atoms with Crippen molar-refractivity contribution in [2.75, 3.05) is 6.61 Å². The average Bonchev–Trinajstić information content (AvgIpc) is 2.64. The van der Waals surface area contributed by atoms with Crippen LogP contribution in [-0.2, 0) is 16.0 Å². The normalized spacial score (nSPS) is 28.3. The molecule has 1 aliphatic rings. The summed E-state index contributed by atoms with van der Waals surface area (Å²) in [6.07, 6.45) is -1.34. The molecular formula is C20H30FNO5. The molecule has 5 unspecified atom stereocenters. The zero-order valence-electron chi connectivity index (χ0n) is 15.8. The molecule has 0 radical (unpaired) electrons. The van der Waals surface area contributed by atoms with Crippen molar-refractivity contribution in [3.63, 3.8) is 0 Å². The van der Waals surface area contributed by atoms with Crippen LogP contribution < -0.4 is 5.32 Å². The molecule has 2 rings (SSSR count). The number of amides is 1. The van der Waals surface area contributed by atoms with Crippen LogP contribution in [0.25, 0.3) is 0 Å². The van der Waals surface area contributed by atoms with Crippen LogP contribution in [0.3, 0.4) is 0 Å². The maximum Gasteiger partial charge on any atom is 0.220 e. The molecule has 0 spiro atoms. The Balaban J connectivity index is 1.82. The van der Waals surface area contributed by atoms with Gasteiger partial charge in [0, 0.05) is 6.42 Å². The van der Waals surface area contributed by atoms with Crippen molar-refractivity contribution < 1.29 is 29.2 Å². The summed E-state index contributed by atoms with van der Waals surface area (Å²) in [4.78, 5) is 12.3. The van der Waals surface area contributed by atoms with Gasteiger partial charge in [-0.15, -0.1) is 0 Å². The molecule has 5 atom stereocenters. The number of rotatable bonds is 8. The maximum absolute atomic E-state index is 12.9. The largest absolute Gasteiger partial charge is 0.394 e. The Morgan fingerprint density at radius 3 is 2.44 bits per heavy atom. The predicted molar refractivity (Wildman–Crippen MR) is 98.5 cm³/mol. The van der Waals surface area contributed by atoms with Gasteiger partial charge in [-0.2, -0.15) is 0 Å². The van der Waals surface area contributed by atoms with Crippen LogP contribution in [0, 0.1) is 11.7 Å². The first-order chi connectivity index (χ1) is 12.8. The molecule has 6 nitrogen and oxygen atoms in total. The smallest absolute Gasteiger partial charge is 0.220 e. The van der Waals surface area contributed by atoms with Crippen LogP contribution in [0.1, 0.15) is 38.7 Å². The van der Waals surface area contributed by atoms with Gasteiger partial charge < -0.3 is 25.4 Å². The molecule has 0 saturated carbocycles. The lowest BCUT2D eigenvalue weighted by Gasteiger charge is -2.44. The van der Waals surface area contributed by atoms with E-state index in [1.807, 2.05) is 13.8 Å². The Morgan fingerprint density at radius 1 is 1.19 bits per heavy atom. The number of unbranched alkanes of at least 4 members (excludes halogenated alkanes) is 1. The molecule has 1 saturated heterocycles. The molecule has 0 aromatic heterocycles. The van der Waals surface area contributed by atoms with Gasteiger partial charge >= 0.3 is 0 Å². The van der Waals surface area contributed by atoms with Gasteiger partial charge in [0.15, 0.2) is 0 Å². The molecule has 1 heterocycles. The summed E-state index contributed by atoms with van der Waals surface area (Å²) in [6.45, 7) is 3.39. The number of hydrogen-bond acceptors (Lipinski definition) is 5. The minimum Gasteiger partial charge on any atom is -0.394 e. The van der Waals surface area contributed by atoms with E-state index < -0.39 is 37.1 Å². The van der Waals surface area contributed by atoms with Crippen LogP contribution in [0.15, 0.2) is 24.3 Å². The number of nitrogens with one attached hydrogen (secondary N) is 1. The topological polar surface area (TPSA) is 99.0 Å². The molecule has 0 aliphatic carbocycles. The fraction of sp³-hybridized carbons (Fsp3) is 0.650. The van der Waals surface area contributed by atoms with Crippen LogP contribution in [0.4, 0.5) is 4.39 Å². The summed E-state index contributed by atoms with van der Waals surface area (Å²) in [5.74, 6) is -0.497. The lowest BCUT2D eigenvalue weighted by Crippen LogP contribution is -2.65. The van der Waals surface area contributed by atoms with Crippen molar-refractivity contribution in [2.24, 2.45) is 5.92 Å². The average molecular weight is 383 g/mol. The fourth-order valence-electron chi connectivity index (χ4n) is 3.41. The third-order valence-electron chi connectivity index (χ3n) is 4.98. The molecule has 4 N–H and O–H groups in total. The van der Waals surface area contributed by atoms with E-state index in [9.17, 15) is 24.5 Å². The number of aliphatic hydroxyl groups is 3. The number of aryl methyl sites for hydroxylation is 1. The highest BCUT2D eigenvalue weighted by atomic mass is 19.1. The number of benzene rings is 1. The van der Waals surface area contributed by atoms with Crippen molar-refractivity contribution in [3.05, 3.63) is 35.6 Å². The summed E-state index contributed by atoms with van der Waals surface area (Å²) in [5, 5.41) is 32.5. The van der Waals surface area contributed by atoms with Gasteiger partial charge in [-0.1, -0.05) is 26.0 Å². The van der Waals surface area contributed by atoms with Gasteiger partial charge in [0.2, 0.25) is 5.91 Å². The molecule has 7 heteroatoms. The van der Waals surface area contributed by atoms with Crippen LogP contribution in [0.5, 0.6) is 0 Å². The van der Waals surface area contributed by atoms with Crippen molar-refractivity contribution in [2.45, 2.75) is 70.0 Å². The van der Waals surface area contributed by atoms with Gasteiger partial charge in [0.1, 0.15) is 24.1 Å². The number of aliphatic hydroxyl groups excluding tert-OH is 3. The Morgan fingerprint density at radius 2 is 1.85 bits per heavy atom. The fourth-order valence-corrected chi connectivity index (χ4v) is 3.41. The monoisotopic (exact) mass is 383 g/mol. The van der Waals surface area contributed by atoms with Gasteiger partial charge in [0.25, 0.3) is 0 Å². The number of carbonyl (C=O) groups is 1. The van der Waals surface area contributed by atoms with Crippen LogP contribution in [0.2, 0.25) is 0 Å². The Hall–Kier alpha value is -1.54. The SMILES string of the molecule is CC(C)C1OC(CO)C(O)C(O)C1NC(=O)CCCCc1ccc(F)cc1. The van der Waals surface area contributed by atoms with E-state index in [-0.39, 0.29) is 24.1 Å². The van der Waals surface area contributed by atoms with E-state index in [4.69, 9.17) is 4.74 Å². The van der Waals surface area contributed by atoms with Crippen molar-refractivity contribution in [1.82, 2.24) is 5.32 Å². The summed E-state index contributed by atoms with van der Waals surface area (Å²) < 4.78 is 18.6. The standard InChI is InChI=1S/C20H30FNO5/c1-12(2)20-17(19(26)18(25)15(11-23)27-20)22-16(24)6-4-3-5-13-7-9-14(21)10-8-13/h7-10,12,15,17-20,23,25-26H,3-6,11H2,1-2H3,(H,22,24). The third-order valence-corrected chi connectivity index (χ3v) is 4.98. The first kappa shape index (κ1) is 21.8. The maximum atomic E-state index is 12.9. The van der Waals surface area contributed by atoms with Gasteiger partial charge in [-0.3, -0.25) is 4.79 Å². The summed E-state index contributed by atoms with van der Waals surface area (Å²) in [5.41, 5.74) is 1.02. The highest BCUT2D eigenvalue weighted by molar-refractivity contribution is 5.76. The highest BCUT2D eigenvalue weighted by Gasteiger charge is 2.45. The number of halogens is 1. The molecule has 27 heavy (non-hydrogen) atoms. The lowest BCUT2D eigenvalue weighted by atomic mass is 9.87. The van der Waals surface area contributed by atoms with E-state index in [2.05, 4.69) is 5.32 Å². The highest BCUT2D eigenvalue weighted by Crippen LogP contribution is 2.26. The van der Waals surface area contributed by atoms with E-state index >= 15 is 0 Å². The first-order valence-electron chi connectivity index (χ1n) is 9.49. The second-order valence-corrected chi connectivity index (χ2v) is 7.47. The third kappa shape index (κ3) is 5.97. The number of carbonyl (C=O) groups excluding carboxylic acids is 1. The van der Waals surface area contributed by atoms with Crippen LogP contribution in [-0.4, -0.2) is 58.3 Å². The Labute approximate surface area is 159 Å². The zero-order valence-corrected chi connectivity index (χ0v) is 15.8. The zero-order chi connectivity index (χ0) is 20.0. The Kier molecular flexibility index (Phi) is 8.16. The summed E-state index contributed by atoms with van der Waals surface area (Å²) >= 11 is 0. The second-order valence-electron chi connectivity index (χ2n) is 7.47. The molecule has 1 aromatic carbocycles. The predicted octanol–water partition coefficient (Wildman–Crippen LogP) is 1.16. The van der Waals surface area contributed by atoms with Crippen molar-refractivity contribution in [3.8, 4) is 0 Å². The minimum absolute atomic E-state index is 0.00928. The Bertz CT molecular complexity index is 595. The summed E-state index contributed by atoms with van der Waals surface area (Å²) in [6, 6.07) is 5.58. The van der Waals surface area contributed by atoms with E-state index in [0.29, 0.717) is 6.42 Å². The number of ether oxygens (including phenoxy) is 1. The molecule has 1 aromatic rings. The van der Waals surface area contributed by atoms with E-state index in [1.54, 1.807) is 12.1 Å². The number of hydrogen-bond donors (Lipinski definition) is 4. The van der Waals surface area contributed by atoms with E-state index in [0.717, 1.165) is 18.4 Å². The molecule has 1 aliphatic heterocycles. The molecule has 152 valence electrons. The lowest BCUT2D eigenvalue weighted by molar-refractivity contribution is -0.204. The van der Waals surface area contributed by atoms with Gasteiger partial charge in [0.05, 0.1) is 18.8 Å². The molecule has 1 amide bonds. The van der Waals surface area contributed by atoms with Crippen LogP contribution >= 0.6 is 0 Å². The van der Waals surface area contributed by atoms with E-state index in [1.165, 1.54) is 12.1 Å². The second kappa shape index (κ2) is 10.1. The summed E-state index contributed by atoms with van der Waals surface area (Å²) in [7, 11) is 0. The van der Waals surface area contributed by atoms with Gasteiger partial charge in [-0.25, -0.2) is 4.39 Å². The molecule has 0 bridgehead atoms. The van der Waals surface area contributed by atoms with Gasteiger partial charge in [-0.05, 0) is 42.9 Å². The quantitative estimate of drug-likeness (QED) is 0.505. The van der Waals surface area contributed by atoms with Crippen molar-refractivity contribution in [1.29, 1.82) is 0 Å². The van der Waals surface area contributed by atoms with Crippen molar-refractivity contribution >= 4 is 5.91 Å². The molecule has 1 fully saturated rings. The molecular weight excluding hydrogens is 353 g/mol. The first-order valence-corrected chi connectivity index (χ1v) is 9.49. The minimum atomic E-state index is -1.26.